The van der Waals surface area contributed by atoms with Gasteiger partial charge in [0, 0.05) is 29.8 Å². The molecule has 4 rings (SSSR count). The molecule has 4 N–H and O–H groups in total. The van der Waals surface area contributed by atoms with E-state index >= 15 is 0 Å². The summed E-state index contributed by atoms with van der Waals surface area (Å²) >= 11 is 1.18. The fourth-order valence-corrected chi connectivity index (χ4v) is 6.36. The predicted molar refractivity (Wildman–Crippen MR) is 140 cm³/mol. The maximum absolute atomic E-state index is 14.9. The molecule has 3 heterocycles. The Bertz CT molecular complexity index is 1380. The van der Waals surface area contributed by atoms with Gasteiger partial charge in [-0.05, 0) is 49.2 Å². The second-order valence-corrected chi connectivity index (χ2v) is 12.4. The van der Waals surface area contributed by atoms with E-state index in [0.717, 1.165) is 5.69 Å². The van der Waals surface area contributed by atoms with Crippen molar-refractivity contribution in [3.05, 3.63) is 65.1 Å². The summed E-state index contributed by atoms with van der Waals surface area (Å²) in [6.07, 6.45) is 1.60. The van der Waals surface area contributed by atoms with Crippen LogP contribution in [-0.4, -0.2) is 53.9 Å². The van der Waals surface area contributed by atoms with Crippen LogP contribution in [-0.2, 0) is 16.4 Å². The number of hydrogen-bond acceptors (Lipinski definition) is 8. The number of nitrogens with two attached hydrogens (primary N) is 1. The number of aromatic nitrogens is 1. The van der Waals surface area contributed by atoms with E-state index in [2.05, 4.69) is 15.2 Å². The first-order valence-electron chi connectivity index (χ1n) is 11.6. The SMILES string of the molecule is CCC(O)c1ccc(-c2cc(C(N)=O)c(Nc3cccc(CN4CCC(S(C)(=O)=O)C4)n3)s2)c(F)c1. The average Bonchev–Trinajstić information content (AvgIpc) is 3.46. The van der Waals surface area contributed by atoms with Gasteiger partial charge in [-0.1, -0.05) is 25.1 Å². The zero-order chi connectivity index (χ0) is 26.0. The highest BCUT2D eigenvalue weighted by atomic mass is 32.2. The Morgan fingerprint density at radius 3 is 2.75 bits per heavy atom. The third-order valence-electron chi connectivity index (χ3n) is 6.30. The number of carbonyl (C=O) groups excluding carboxylic acids is 1. The smallest absolute Gasteiger partial charge is 0.251 e. The number of likely N-dealkylation sites (tertiary alicyclic amines) is 1. The van der Waals surface area contributed by atoms with Gasteiger partial charge >= 0.3 is 0 Å². The number of primary amides is 1. The molecule has 3 aromatic rings. The number of pyridine rings is 1. The Labute approximate surface area is 213 Å². The number of thiophene rings is 1. The van der Waals surface area contributed by atoms with E-state index in [-0.39, 0.29) is 10.8 Å². The normalized spacial score (nSPS) is 17.3. The highest BCUT2D eigenvalue weighted by Gasteiger charge is 2.30. The zero-order valence-corrected chi connectivity index (χ0v) is 21.7. The number of aliphatic hydroxyl groups excluding tert-OH is 1. The fourth-order valence-electron chi connectivity index (χ4n) is 4.25. The molecule has 1 fully saturated rings. The maximum atomic E-state index is 14.9. The summed E-state index contributed by atoms with van der Waals surface area (Å²) in [5.74, 6) is -0.662. The van der Waals surface area contributed by atoms with Gasteiger partial charge in [-0.2, -0.15) is 0 Å². The molecular formula is C25H29FN4O4S2. The molecule has 0 spiro atoms. The van der Waals surface area contributed by atoms with Gasteiger partial charge in [0.2, 0.25) is 0 Å². The number of nitrogens with zero attached hydrogens (tertiary/aromatic N) is 2. The van der Waals surface area contributed by atoms with Gasteiger partial charge < -0.3 is 16.2 Å². The summed E-state index contributed by atoms with van der Waals surface area (Å²) < 4.78 is 38.5. The van der Waals surface area contributed by atoms with Gasteiger partial charge in [0.1, 0.15) is 16.6 Å². The van der Waals surface area contributed by atoms with E-state index in [1.807, 2.05) is 19.1 Å². The number of halogens is 1. The summed E-state index contributed by atoms with van der Waals surface area (Å²) in [5.41, 5.74) is 7.36. The van der Waals surface area contributed by atoms with Gasteiger partial charge in [0.15, 0.2) is 9.84 Å². The van der Waals surface area contributed by atoms with Gasteiger partial charge in [-0.3, -0.25) is 9.69 Å². The van der Waals surface area contributed by atoms with Crippen LogP contribution in [0.15, 0.2) is 42.5 Å². The van der Waals surface area contributed by atoms with E-state index in [4.69, 9.17) is 5.73 Å². The summed E-state index contributed by atoms with van der Waals surface area (Å²) in [5, 5.41) is 13.2. The number of nitrogens with one attached hydrogen (secondary N) is 1. The van der Waals surface area contributed by atoms with Crippen LogP contribution in [0.1, 0.15) is 47.5 Å². The Kier molecular flexibility index (Phi) is 7.74. The molecule has 36 heavy (non-hydrogen) atoms. The number of sulfone groups is 1. The van der Waals surface area contributed by atoms with Crippen LogP contribution < -0.4 is 11.1 Å². The fraction of sp³-hybridized carbons (Fsp3) is 0.360. The Morgan fingerprint density at radius 1 is 1.33 bits per heavy atom. The van der Waals surface area contributed by atoms with Crippen LogP contribution in [0, 0.1) is 5.82 Å². The Hall–Kier alpha value is -2.86. The third kappa shape index (κ3) is 5.92. The molecule has 1 saturated heterocycles. The lowest BCUT2D eigenvalue weighted by molar-refractivity contribution is 0.100. The molecule has 1 aliphatic rings. The number of anilines is 2. The van der Waals surface area contributed by atoms with Gasteiger partial charge in [-0.25, -0.2) is 17.8 Å². The second-order valence-electron chi connectivity index (χ2n) is 9.00. The predicted octanol–water partition coefficient (Wildman–Crippen LogP) is 3.85. The van der Waals surface area contributed by atoms with Crippen LogP contribution in [0.2, 0.25) is 0 Å². The number of benzene rings is 1. The molecule has 0 bridgehead atoms. The van der Waals surface area contributed by atoms with Crippen molar-refractivity contribution >= 4 is 37.9 Å². The average molecular weight is 533 g/mol. The number of rotatable bonds is 9. The number of carbonyl (C=O) groups is 1. The summed E-state index contributed by atoms with van der Waals surface area (Å²) in [6.45, 7) is 3.46. The molecule has 192 valence electrons. The molecule has 8 nitrogen and oxygen atoms in total. The molecule has 2 aromatic heterocycles. The quantitative estimate of drug-likeness (QED) is 0.382. The van der Waals surface area contributed by atoms with E-state index in [1.165, 1.54) is 23.7 Å². The van der Waals surface area contributed by atoms with Crippen LogP contribution in [0.3, 0.4) is 0 Å². The van der Waals surface area contributed by atoms with Crippen LogP contribution >= 0.6 is 11.3 Å². The summed E-state index contributed by atoms with van der Waals surface area (Å²) in [6, 6.07) is 11.5. The molecule has 11 heteroatoms. The van der Waals surface area contributed by atoms with Crippen LogP contribution in [0.25, 0.3) is 10.4 Å². The second kappa shape index (κ2) is 10.6. The molecule has 2 atom stereocenters. The van der Waals surface area contributed by atoms with Crippen molar-refractivity contribution in [2.24, 2.45) is 5.73 Å². The van der Waals surface area contributed by atoms with Crippen molar-refractivity contribution in [2.75, 3.05) is 24.7 Å². The first kappa shape index (κ1) is 26.2. The van der Waals surface area contributed by atoms with Crippen molar-refractivity contribution in [1.29, 1.82) is 0 Å². The first-order valence-corrected chi connectivity index (χ1v) is 14.4. The van der Waals surface area contributed by atoms with Crippen molar-refractivity contribution < 1.29 is 22.7 Å². The number of hydrogen-bond donors (Lipinski definition) is 3. The van der Waals surface area contributed by atoms with Crippen molar-refractivity contribution in [3.63, 3.8) is 0 Å². The minimum atomic E-state index is -3.08. The van der Waals surface area contributed by atoms with E-state index in [0.29, 0.717) is 59.3 Å². The molecule has 1 aromatic carbocycles. The standard InChI is InChI=1S/C25H29FN4O4S2/c1-3-21(31)15-7-8-18(20(26)11-15)22-12-19(24(27)32)25(35-22)29-23-6-4-5-16(28-23)13-30-10-9-17(14-30)36(2,33)34/h4-8,11-12,17,21,31H,3,9-10,13-14H2,1-2H3,(H2,27,32)(H,28,29). The minimum Gasteiger partial charge on any atom is -0.388 e. The number of aliphatic hydroxyl groups is 1. The van der Waals surface area contributed by atoms with Crippen LogP contribution in [0.4, 0.5) is 15.2 Å². The lowest BCUT2D eigenvalue weighted by atomic mass is 10.0. The van der Waals surface area contributed by atoms with Crippen LogP contribution in [0.5, 0.6) is 0 Å². The molecule has 0 radical (unpaired) electrons. The summed E-state index contributed by atoms with van der Waals surface area (Å²) in [7, 11) is -3.08. The van der Waals surface area contributed by atoms with Gasteiger partial charge in [0.05, 0.1) is 22.6 Å². The van der Waals surface area contributed by atoms with Crippen molar-refractivity contribution in [1.82, 2.24) is 9.88 Å². The van der Waals surface area contributed by atoms with E-state index in [1.54, 1.807) is 24.3 Å². The lowest BCUT2D eigenvalue weighted by Crippen LogP contribution is -2.26. The molecule has 0 aliphatic carbocycles. The molecule has 2 unspecified atom stereocenters. The molecular weight excluding hydrogens is 503 g/mol. The van der Waals surface area contributed by atoms with Gasteiger partial charge in [-0.15, -0.1) is 11.3 Å². The van der Waals surface area contributed by atoms with Crippen molar-refractivity contribution in [2.45, 2.75) is 37.7 Å². The molecule has 0 saturated carbocycles. The number of amides is 1. The van der Waals surface area contributed by atoms with E-state index in [9.17, 15) is 22.7 Å². The topological polar surface area (TPSA) is 126 Å². The Balaban J connectivity index is 1.54. The maximum Gasteiger partial charge on any atom is 0.251 e. The molecule has 1 amide bonds. The lowest BCUT2D eigenvalue weighted by Gasteiger charge is -2.15. The van der Waals surface area contributed by atoms with Crippen molar-refractivity contribution in [3.8, 4) is 10.4 Å². The summed E-state index contributed by atoms with van der Waals surface area (Å²) in [4.78, 5) is 19.3. The van der Waals surface area contributed by atoms with Gasteiger partial charge in [0.25, 0.3) is 5.91 Å². The molecule has 1 aliphatic heterocycles. The zero-order valence-electron chi connectivity index (χ0n) is 20.1. The first-order chi connectivity index (χ1) is 17.0. The highest BCUT2D eigenvalue weighted by Crippen LogP contribution is 2.38. The monoisotopic (exact) mass is 532 g/mol. The largest absolute Gasteiger partial charge is 0.388 e. The van der Waals surface area contributed by atoms with E-state index < -0.39 is 27.7 Å². The third-order valence-corrected chi connectivity index (χ3v) is 8.98. The Morgan fingerprint density at radius 2 is 2.11 bits per heavy atom. The highest BCUT2D eigenvalue weighted by molar-refractivity contribution is 7.91. The minimum absolute atomic E-state index is 0.217.